The molecule has 0 saturated carbocycles. The van der Waals surface area contributed by atoms with Gasteiger partial charge in [-0.25, -0.2) is 8.42 Å². The molecule has 2 atom stereocenters. The minimum Gasteiger partial charge on any atom is -0.310 e. The van der Waals surface area contributed by atoms with Crippen molar-refractivity contribution in [2.45, 2.75) is 25.4 Å². The minimum atomic E-state index is -2.83. The molecule has 1 saturated heterocycles. The molecule has 1 fully saturated rings. The summed E-state index contributed by atoms with van der Waals surface area (Å²) in [5.74, 6) is 2.56. The van der Waals surface area contributed by atoms with Crippen molar-refractivity contribution in [3.63, 3.8) is 0 Å². The smallest absolute Gasteiger partial charge is 0.148 e. The molecular formula is C8H17NO2S2. The summed E-state index contributed by atoms with van der Waals surface area (Å²) in [5, 5.41) is 3.34. The van der Waals surface area contributed by atoms with Gasteiger partial charge in [-0.3, -0.25) is 0 Å². The van der Waals surface area contributed by atoms with Crippen LogP contribution >= 0.6 is 11.8 Å². The SMILES string of the molecule is CC(CS(C)(=O)=O)NC1CCSC1. The van der Waals surface area contributed by atoms with Crippen molar-refractivity contribution in [1.82, 2.24) is 5.32 Å². The van der Waals surface area contributed by atoms with Crippen LogP contribution in [0.25, 0.3) is 0 Å². The van der Waals surface area contributed by atoms with Gasteiger partial charge in [0.25, 0.3) is 0 Å². The Morgan fingerprint density at radius 2 is 2.31 bits per heavy atom. The lowest BCUT2D eigenvalue weighted by Gasteiger charge is -2.17. The van der Waals surface area contributed by atoms with E-state index in [0.29, 0.717) is 6.04 Å². The molecular weight excluding hydrogens is 206 g/mol. The number of hydrogen-bond donors (Lipinski definition) is 1. The highest BCUT2D eigenvalue weighted by molar-refractivity contribution is 7.99. The van der Waals surface area contributed by atoms with Crippen LogP contribution in [0.5, 0.6) is 0 Å². The average molecular weight is 223 g/mol. The highest BCUT2D eigenvalue weighted by Crippen LogP contribution is 2.17. The maximum Gasteiger partial charge on any atom is 0.148 e. The molecule has 0 aromatic heterocycles. The zero-order chi connectivity index (χ0) is 9.90. The monoisotopic (exact) mass is 223 g/mol. The first-order valence-corrected chi connectivity index (χ1v) is 7.70. The third-order valence-corrected chi connectivity index (χ3v) is 4.27. The van der Waals surface area contributed by atoms with Crippen molar-refractivity contribution in [3.05, 3.63) is 0 Å². The average Bonchev–Trinajstić information content (AvgIpc) is 2.34. The topological polar surface area (TPSA) is 46.2 Å². The van der Waals surface area contributed by atoms with Crippen molar-refractivity contribution in [3.8, 4) is 0 Å². The summed E-state index contributed by atoms with van der Waals surface area (Å²) < 4.78 is 21.9. The van der Waals surface area contributed by atoms with Gasteiger partial charge < -0.3 is 5.32 Å². The Hall–Kier alpha value is 0.260. The summed E-state index contributed by atoms with van der Waals surface area (Å²) in [7, 11) is -2.83. The van der Waals surface area contributed by atoms with Crippen molar-refractivity contribution in [2.24, 2.45) is 0 Å². The van der Waals surface area contributed by atoms with Crippen molar-refractivity contribution < 1.29 is 8.42 Å². The van der Waals surface area contributed by atoms with Crippen molar-refractivity contribution in [1.29, 1.82) is 0 Å². The summed E-state index contributed by atoms with van der Waals surface area (Å²) in [6, 6.07) is 0.598. The maximum absolute atomic E-state index is 11.0. The molecule has 1 aliphatic heterocycles. The van der Waals surface area contributed by atoms with Crippen molar-refractivity contribution >= 4 is 21.6 Å². The number of sulfone groups is 1. The third kappa shape index (κ3) is 4.88. The summed E-state index contributed by atoms with van der Waals surface area (Å²) in [6.07, 6.45) is 2.45. The van der Waals surface area contributed by atoms with Crippen LogP contribution in [-0.4, -0.2) is 44.0 Å². The standard InChI is InChI=1S/C8H17NO2S2/c1-7(6-13(2,10)11)9-8-3-4-12-5-8/h7-9H,3-6H2,1-2H3. The highest BCUT2D eigenvalue weighted by Gasteiger charge is 2.19. The second-order valence-corrected chi connectivity index (χ2v) is 7.06. The van der Waals surface area contributed by atoms with Gasteiger partial charge >= 0.3 is 0 Å². The second kappa shape index (κ2) is 4.66. The van der Waals surface area contributed by atoms with Crippen LogP contribution in [0, 0.1) is 0 Å². The largest absolute Gasteiger partial charge is 0.310 e. The Morgan fingerprint density at radius 1 is 1.62 bits per heavy atom. The third-order valence-electron chi connectivity index (χ3n) is 2.00. The van der Waals surface area contributed by atoms with Crippen LogP contribution in [0.4, 0.5) is 0 Å². The molecule has 1 rings (SSSR count). The van der Waals surface area contributed by atoms with Crippen molar-refractivity contribution in [2.75, 3.05) is 23.5 Å². The fraction of sp³-hybridized carbons (Fsp3) is 1.00. The molecule has 2 unspecified atom stereocenters. The Bertz CT molecular complexity index is 245. The Labute approximate surface area is 84.6 Å². The van der Waals surface area contributed by atoms with E-state index in [2.05, 4.69) is 5.32 Å². The van der Waals surface area contributed by atoms with E-state index < -0.39 is 9.84 Å². The number of thioether (sulfide) groups is 1. The lowest BCUT2D eigenvalue weighted by Crippen LogP contribution is -2.40. The normalized spacial score (nSPS) is 26.2. The molecule has 0 radical (unpaired) electrons. The van der Waals surface area contributed by atoms with E-state index in [1.54, 1.807) is 0 Å². The Morgan fingerprint density at radius 3 is 2.77 bits per heavy atom. The van der Waals surface area contributed by atoms with E-state index in [1.807, 2.05) is 18.7 Å². The summed E-state index contributed by atoms with van der Waals surface area (Å²) in [4.78, 5) is 0. The van der Waals surface area contributed by atoms with E-state index >= 15 is 0 Å². The number of hydrogen-bond acceptors (Lipinski definition) is 4. The molecule has 5 heteroatoms. The molecule has 0 aromatic rings. The first-order valence-electron chi connectivity index (χ1n) is 4.49. The number of nitrogens with one attached hydrogen (secondary N) is 1. The molecule has 1 N–H and O–H groups in total. The van der Waals surface area contributed by atoms with E-state index in [1.165, 1.54) is 18.4 Å². The van der Waals surface area contributed by atoms with Crippen LogP contribution in [-0.2, 0) is 9.84 Å². The number of rotatable bonds is 4. The molecule has 13 heavy (non-hydrogen) atoms. The van der Waals surface area contributed by atoms with Gasteiger partial charge in [-0.05, 0) is 19.1 Å². The molecule has 0 aliphatic carbocycles. The minimum absolute atomic E-state index is 0.0821. The Balaban J connectivity index is 2.28. The van der Waals surface area contributed by atoms with Gasteiger partial charge in [0, 0.05) is 24.1 Å². The fourth-order valence-electron chi connectivity index (χ4n) is 1.57. The lowest BCUT2D eigenvalue weighted by atomic mass is 10.2. The van der Waals surface area contributed by atoms with Crippen LogP contribution < -0.4 is 5.32 Å². The fourth-order valence-corrected chi connectivity index (χ4v) is 3.74. The molecule has 3 nitrogen and oxygen atoms in total. The summed E-state index contributed by atoms with van der Waals surface area (Å²) in [6.45, 7) is 1.93. The lowest BCUT2D eigenvalue weighted by molar-refractivity contribution is 0.492. The molecule has 0 spiro atoms. The Kier molecular flexibility index (Phi) is 4.06. The molecule has 0 bridgehead atoms. The molecule has 1 aliphatic rings. The van der Waals surface area contributed by atoms with E-state index in [4.69, 9.17) is 0 Å². The zero-order valence-electron chi connectivity index (χ0n) is 8.12. The molecule has 0 aromatic carbocycles. The maximum atomic E-state index is 11.0. The molecule has 1 heterocycles. The predicted molar refractivity (Wildman–Crippen MR) is 58.0 cm³/mol. The summed E-state index contributed by atoms with van der Waals surface area (Å²) in [5.41, 5.74) is 0. The highest BCUT2D eigenvalue weighted by atomic mass is 32.2. The van der Waals surface area contributed by atoms with Gasteiger partial charge in [0.05, 0.1) is 5.75 Å². The quantitative estimate of drug-likeness (QED) is 0.754. The van der Waals surface area contributed by atoms with Crippen LogP contribution in [0.15, 0.2) is 0 Å². The first kappa shape index (κ1) is 11.3. The van der Waals surface area contributed by atoms with E-state index in [-0.39, 0.29) is 11.8 Å². The van der Waals surface area contributed by atoms with Gasteiger partial charge in [-0.2, -0.15) is 11.8 Å². The van der Waals surface area contributed by atoms with Gasteiger partial charge in [0.2, 0.25) is 0 Å². The molecule has 78 valence electrons. The molecule has 0 amide bonds. The van der Waals surface area contributed by atoms with Gasteiger partial charge in [0.15, 0.2) is 0 Å². The van der Waals surface area contributed by atoms with Gasteiger partial charge in [-0.1, -0.05) is 0 Å². The first-order chi connectivity index (χ1) is 5.97. The van der Waals surface area contributed by atoms with E-state index in [0.717, 1.165) is 5.75 Å². The van der Waals surface area contributed by atoms with Crippen LogP contribution in [0.1, 0.15) is 13.3 Å². The predicted octanol–water partition coefficient (Wildman–Crippen LogP) is 0.515. The van der Waals surface area contributed by atoms with E-state index in [9.17, 15) is 8.42 Å². The van der Waals surface area contributed by atoms with Crippen LogP contribution in [0.3, 0.4) is 0 Å². The van der Waals surface area contributed by atoms with Gasteiger partial charge in [-0.15, -0.1) is 0 Å². The zero-order valence-corrected chi connectivity index (χ0v) is 9.75. The summed E-state index contributed by atoms with van der Waals surface area (Å²) >= 11 is 1.93. The second-order valence-electron chi connectivity index (χ2n) is 3.72. The van der Waals surface area contributed by atoms with Gasteiger partial charge in [0.1, 0.15) is 9.84 Å². The van der Waals surface area contributed by atoms with Crippen LogP contribution in [0.2, 0.25) is 0 Å².